The van der Waals surface area contributed by atoms with Crippen LogP contribution in [0.2, 0.25) is 0 Å². The third-order valence-corrected chi connectivity index (χ3v) is 6.79. The lowest BCUT2D eigenvalue weighted by atomic mass is 10.1. The van der Waals surface area contributed by atoms with E-state index in [0.717, 1.165) is 17.7 Å². The predicted molar refractivity (Wildman–Crippen MR) is 131 cm³/mol. The Morgan fingerprint density at radius 3 is 2.21 bits per heavy atom. The van der Waals surface area contributed by atoms with Gasteiger partial charge in [0, 0.05) is 43.4 Å². The number of nitro groups is 1. The Morgan fingerprint density at radius 1 is 1.00 bits per heavy atom. The van der Waals surface area contributed by atoms with Gasteiger partial charge in [0.05, 0.1) is 9.82 Å². The molecule has 7 nitrogen and oxygen atoms in total. The molecule has 3 rings (SSSR count). The van der Waals surface area contributed by atoms with E-state index in [2.05, 4.69) is 13.8 Å². The van der Waals surface area contributed by atoms with E-state index in [9.17, 15) is 19.7 Å². The van der Waals surface area contributed by atoms with E-state index >= 15 is 0 Å². The monoisotopic (exact) mass is 469 g/mol. The molecule has 0 atom stereocenters. The van der Waals surface area contributed by atoms with Crippen molar-refractivity contribution in [3.8, 4) is 0 Å². The Hall–Kier alpha value is -2.87. The van der Waals surface area contributed by atoms with Crippen LogP contribution in [-0.4, -0.2) is 58.5 Å². The summed E-state index contributed by atoms with van der Waals surface area (Å²) in [6, 6.07) is 12.2. The number of benzene rings is 2. The molecule has 1 aliphatic heterocycles. The van der Waals surface area contributed by atoms with Gasteiger partial charge in [-0.05, 0) is 55.7 Å². The number of nitrogens with zero attached hydrogens (tertiary/aromatic N) is 3. The molecule has 33 heavy (non-hydrogen) atoms. The lowest BCUT2D eigenvalue weighted by Gasteiger charge is -2.22. The summed E-state index contributed by atoms with van der Waals surface area (Å²) in [6.07, 6.45) is 1.63. The largest absolute Gasteiger partial charge is 0.337 e. The van der Waals surface area contributed by atoms with Crippen molar-refractivity contribution >= 4 is 29.3 Å². The zero-order chi connectivity index (χ0) is 24.0. The summed E-state index contributed by atoms with van der Waals surface area (Å²) in [4.78, 5) is 41.3. The molecule has 2 amide bonds. The number of hydrogen-bond donors (Lipinski definition) is 0. The summed E-state index contributed by atoms with van der Waals surface area (Å²) in [5.41, 5.74) is 1.96. The molecular weight excluding hydrogens is 438 g/mol. The molecule has 0 spiro atoms. The minimum Gasteiger partial charge on any atom is -0.337 e. The zero-order valence-electron chi connectivity index (χ0n) is 19.5. The Morgan fingerprint density at radius 2 is 1.64 bits per heavy atom. The first-order valence-electron chi connectivity index (χ1n) is 11.3. The molecule has 8 heteroatoms. The van der Waals surface area contributed by atoms with Crippen molar-refractivity contribution in [1.29, 1.82) is 0 Å². The van der Waals surface area contributed by atoms with Crippen LogP contribution in [0.3, 0.4) is 0 Å². The fraction of sp³-hybridized carbons (Fsp3) is 0.440. The topological polar surface area (TPSA) is 83.8 Å². The third kappa shape index (κ3) is 6.57. The van der Waals surface area contributed by atoms with Crippen molar-refractivity contribution in [2.45, 2.75) is 38.5 Å². The molecule has 0 bridgehead atoms. The summed E-state index contributed by atoms with van der Waals surface area (Å²) in [7, 11) is 0. The van der Waals surface area contributed by atoms with Crippen LogP contribution in [0.4, 0.5) is 5.69 Å². The Bertz CT molecular complexity index is 1020. The number of nitro benzene ring substituents is 1. The first-order chi connectivity index (χ1) is 15.8. The standard InChI is InChI=1S/C25H31N3O4S/c1-18(2)10-15-33-23-9-8-21(17-22(23)28(31)32)25(30)27-12-5-11-26(13-14-27)24(29)20-7-4-6-19(3)16-20/h4,6-9,16-18H,5,10-15H2,1-3H3. The number of thioether (sulfide) groups is 1. The number of carbonyl (C=O) groups excluding carboxylic acids is 2. The second-order valence-electron chi connectivity index (χ2n) is 8.78. The van der Waals surface area contributed by atoms with Crippen molar-refractivity contribution in [3.05, 3.63) is 69.3 Å². The van der Waals surface area contributed by atoms with Crippen molar-refractivity contribution in [2.75, 3.05) is 31.9 Å². The Labute approximate surface area is 199 Å². The highest BCUT2D eigenvalue weighted by molar-refractivity contribution is 7.99. The van der Waals surface area contributed by atoms with Gasteiger partial charge in [0.15, 0.2) is 0 Å². The Kier molecular flexibility index (Phi) is 8.49. The van der Waals surface area contributed by atoms with Gasteiger partial charge in [0.1, 0.15) is 0 Å². The van der Waals surface area contributed by atoms with Gasteiger partial charge >= 0.3 is 0 Å². The summed E-state index contributed by atoms with van der Waals surface area (Å²) in [5, 5.41) is 11.6. The average molecular weight is 470 g/mol. The summed E-state index contributed by atoms with van der Waals surface area (Å²) in [6.45, 7) is 8.10. The molecule has 1 fully saturated rings. The summed E-state index contributed by atoms with van der Waals surface area (Å²) in [5.74, 6) is 1.05. The first kappa shape index (κ1) is 24.8. The van der Waals surface area contributed by atoms with Crippen LogP contribution in [0.5, 0.6) is 0 Å². The number of rotatable bonds is 7. The minimum atomic E-state index is -0.417. The van der Waals surface area contributed by atoms with Gasteiger partial charge in [0.2, 0.25) is 0 Å². The zero-order valence-corrected chi connectivity index (χ0v) is 20.3. The van der Waals surface area contributed by atoms with Gasteiger partial charge in [-0.15, -0.1) is 11.8 Å². The Balaban J connectivity index is 1.68. The average Bonchev–Trinajstić information content (AvgIpc) is 3.04. The quantitative estimate of drug-likeness (QED) is 0.323. The van der Waals surface area contributed by atoms with E-state index in [1.54, 1.807) is 21.9 Å². The molecule has 0 unspecified atom stereocenters. The van der Waals surface area contributed by atoms with Crippen LogP contribution in [0.15, 0.2) is 47.4 Å². The summed E-state index contributed by atoms with van der Waals surface area (Å²) < 4.78 is 0. The fourth-order valence-electron chi connectivity index (χ4n) is 3.79. The van der Waals surface area contributed by atoms with E-state index in [-0.39, 0.29) is 17.5 Å². The SMILES string of the molecule is Cc1cccc(C(=O)N2CCCN(C(=O)c3ccc(SCCC(C)C)c([N+](=O)[O-])c3)CC2)c1. The van der Waals surface area contributed by atoms with Crippen molar-refractivity contribution < 1.29 is 14.5 Å². The molecule has 2 aromatic carbocycles. The second-order valence-corrected chi connectivity index (χ2v) is 9.91. The molecule has 0 N–H and O–H groups in total. The lowest BCUT2D eigenvalue weighted by molar-refractivity contribution is -0.387. The number of carbonyl (C=O) groups is 2. The maximum atomic E-state index is 13.1. The highest BCUT2D eigenvalue weighted by Crippen LogP contribution is 2.31. The van der Waals surface area contributed by atoms with E-state index in [1.165, 1.54) is 17.8 Å². The van der Waals surface area contributed by atoms with Crippen LogP contribution in [-0.2, 0) is 0 Å². The number of amides is 2. The molecule has 2 aromatic rings. The van der Waals surface area contributed by atoms with Crippen LogP contribution in [0.1, 0.15) is 53.0 Å². The number of aryl methyl sites for hydroxylation is 1. The van der Waals surface area contributed by atoms with Crippen molar-refractivity contribution in [1.82, 2.24) is 9.80 Å². The van der Waals surface area contributed by atoms with Crippen LogP contribution < -0.4 is 0 Å². The maximum Gasteiger partial charge on any atom is 0.283 e. The van der Waals surface area contributed by atoms with Crippen molar-refractivity contribution in [3.63, 3.8) is 0 Å². The van der Waals surface area contributed by atoms with E-state index in [4.69, 9.17) is 0 Å². The van der Waals surface area contributed by atoms with Crippen LogP contribution in [0, 0.1) is 23.0 Å². The molecular formula is C25H31N3O4S. The fourth-order valence-corrected chi connectivity index (χ4v) is 5.04. The lowest BCUT2D eigenvalue weighted by Crippen LogP contribution is -2.37. The molecule has 0 aromatic heterocycles. The highest BCUT2D eigenvalue weighted by Gasteiger charge is 2.25. The van der Waals surface area contributed by atoms with E-state index in [1.807, 2.05) is 31.2 Å². The van der Waals surface area contributed by atoms with Gasteiger partial charge in [-0.3, -0.25) is 19.7 Å². The van der Waals surface area contributed by atoms with Gasteiger partial charge in [-0.2, -0.15) is 0 Å². The molecule has 176 valence electrons. The number of hydrogen-bond acceptors (Lipinski definition) is 5. The molecule has 1 saturated heterocycles. The van der Waals surface area contributed by atoms with Gasteiger partial charge < -0.3 is 9.80 Å². The highest BCUT2D eigenvalue weighted by atomic mass is 32.2. The molecule has 0 aliphatic carbocycles. The van der Waals surface area contributed by atoms with E-state index in [0.29, 0.717) is 54.5 Å². The van der Waals surface area contributed by atoms with Gasteiger partial charge in [0.25, 0.3) is 17.5 Å². The van der Waals surface area contributed by atoms with Gasteiger partial charge in [-0.25, -0.2) is 0 Å². The normalized spacial score (nSPS) is 14.3. The van der Waals surface area contributed by atoms with Crippen LogP contribution >= 0.6 is 11.8 Å². The molecule has 1 heterocycles. The third-order valence-electron chi connectivity index (χ3n) is 5.69. The maximum absolute atomic E-state index is 13.1. The van der Waals surface area contributed by atoms with Gasteiger partial charge in [-0.1, -0.05) is 31.5 Å². The summed E-state index contributed by atoms with van der Waals surface area (Å²) >= 11 is 1.45. The first-order valence-corrected chi connectivity index (χ1v) is 12.3. The van der Waals surface area contributed by atoms with Crippen molar-refractivity contribution in [2.24, 2.45) is 5.92 Å². The smallest absolute Gasteiger partial charge is 0.283 e. The second kappa shape index (κ2) is 11.3. The van der Waals surface area contributed by atoms with Crippen LogP contribution in [0.25, 0.3) is 0 Å². The predicted octanol–water partition coefficient (Wildman–Crippen LogP) is 5.03. The molecule has 0 saturated carbocycles. The molecule has 1 aliphatic rings. The minimum absolute atomic E-state index is 0.0271. The van der Waals surface area contributed by atoms with E-state index < -0.39 is 4.92 Å². The molecule has 0 radical (unpaired) electrons.